The molecule has 3 aromatic carbocycles. The highest BCUT2D eigenvalue weighted by molar-refractivity contribution is 6.10. The van der Waals surface area contributed by atoms with E-state index in [0.29, 0.717) is 22.5 Å². The molecule has 4 rings (SSSR count). The maximum Gasteiger partial charge on any atom is 0.255 e. The zero-order chi connectivity index (χ0) is 24.3. The van der Waals surface area contributed by atoms with E-state index in [1.165, 1.54) is 11.0 Å². The van der Waals surface area contributed by atoms with Crippen LogP contribution in [-0.4, -0.2) is 32.0 Å². The van der Waals surface area contributed by atoms with Gasteiger partial charge in [0.25, 0.3) is 11.8 Å². The number of nitrogens with one attached hydrogen (secondary N) is 2. The van der Waals surface area contributed by atoms with E-state index in [-0.39, 0.29) is 17.2 Å². The van der Waals surface area contributed by atoms with Crippen LogP contribution >= 0.6 is 0 Å². The monoisotopic (exact) mass is 454 g/mol. The van der Waals surface area contributed by atoms with E-state index in [4.69, 9.17) is 0 Å². The molecule has 0 saturated heterocycles. The molecule has 1 aromatic heterocycles. The molecule has 8 nitrogen and oxygen atoms in total. The number of tetrazole rings is 1. The molecule has 8 heteroatoms. The second-order valence-electron chi connectivity index (χ2n) is 9.04. The number of carbonyl (C=O) groups is 2. The fourth-order valence-electron chi connectivity index (χ4n) is 3.54. The number of para-hydroxylation sites is 2. The predicted octanol–water partition coefficient (Wildman–Crippen LogP) is 4.77. The minimum atomic E-state index is -0.289. The summed E-state index contributed by atoms with van der Waals surface area (Å²) in [6.45, 7) is 8.26. The molecule has 172 valence electrons. The van der Waals surface area contributed by atoms with Crippen LogP contribution in [0.15, 0.2) is 73.1 Å². The molecule has 2 amide bonds. The third-order valence-corrected chi connectivity index (χ3v) is 5.49. The first kappa shape index (κ1) is 22.8. The fourth-order valence-corrected chi connectivity index (χ4v) is 3.54. The molecule has 0 radical (unpaired) electrons. The number of hydrogen-bond acceptors (Lipinski definition) is 5. The Hall–Kier alpha value is -4.33. The third-order valence-electron chi connectivity index (χ3n) is 5.49. The van der Waals surface area contributed by atoms with Crippen molar-refractivity contribution in [2.45, 2.75) is 33.1 Å². The van der Waals surface area contributed by atoms with Gasteiger partial charge in [-0.3, -0.25) is 9.59 Å². The van der Waals surface area contributed by atoms with Crippen molar-refractivity contribution in [3.05, 3.63) is 95.3 Å². The van der Waals surface area contributed by atoms with Crippen LogP contribution in [0.5, 0.6) is 0 Å². The molecule has 1 heterocycles. The standard InChI is InChI=1S/C26H26N6O2/c1-17-15-19(11-14-23(17)32-16-27-30-31-32)25(34)29-22-8-6-5-7-21(22)28-24(33)18-9-12-20(13-10-18)26(2,3)4/h5-16H,1-4H3,(H,28,33)(H,29,34). The van der Waals surface area contributed by atoms with Crippen molar-refractivity contribution in [3.63, 3.8) is 0 Å². The van der Waals surface area contributed by atoms with Gasteiger partial charge in [-0.25, -0.2) is 4.68 Å². The van der Waals surface area contributed by atoms with Crippen molar-refractivity contribution in [2.75, 3.05) is 10.6 Å². The van der Waals surface area contributed by atoms with Gasteiger partial charge in [-0.1, -0.05) is 45.0 Å². The average Bonchev–Trinajstić information content (AvgIpc) is 3.34. The van der Waals surface area contributed by atoms with E-state index in [0.717, 1.165) is 16.8 Å². The Bertz CT molecular complexity index is 1320. The lowest BCUT2D eigenvalue weighted by atomic mass is 9.87. The summed E-state index contributed by atoms with van der Waals surface area (Å²) in [6.07, 6.45) is 1.50. The SMILES string of the molecule is Cc1cc(C(=O)Nc2ccccc2NC(=O)c2ccc(C(C)(C)C)cc2)ccc1-n1cnnn1. The van der Waals surface area contributed by atoms with Gasteiger partial charge in [0.05, 0.1) is 17.1 Å². The first-order valence-corrected chi connectivity index (χ1v) is 10.9. The van der Waals surface area contributed by atoms with Crippen molar-refractivity contribution >= 4 is 23.2 Å². The van der Waals surface area contributed by atoms with Gasteiger partial charge in [-0.05, 0) is 76.4 Å². The van der Waals surface area contributed by atoms with Crippen LogP contribution in [0.2, 0.25) is 0 Å². The zero-order valence-corrected chi connectivity index (χ0v) is 19.5. The largest absolute Gasteiger partial charge is 0.320 e. The number of amides is 2. The highest BCUT2D eigenvalue weighted by atomic mass is 16.2. The van der Waals surface area contributed by atoms with Gasteiger partial charge < -0.3 is 10.6 Å². The van der Waals surface area contributed by atoms with Crippen molar-refractivity contribution < 1.29 is 9.59 Å². The Morgan fingerprint density at radius 2 is 1.41 bits per heavy atom. The maximum atomic E-state index is 12.9. The molecule has 0 aliphatic heterocycles. The van der Waals surface area contributed by atoms with E-state index < -0.39 is 0 Å². The molecule has 2 N–H and O–H groups in total. The number of anilines is 2. The Kier molecular flexibility index (Phi) is 6.23. The number of aryl methyl sites for hydroxylation is 1. The van der Waals surface area contributed by atoms with Crippen LogP contribution in [0.4, 0.5) is 11.4 Å². The Morgan fingerprint density at radius 3 is 1.94 bits per heavy atom. The second-order valence-corrected chi connectivity index (χ2v) is 9.04. The highest BCUT2D eigenvalue weighted by Crippen LogP contribution is 2.25. The molecule has 34 heavy (non-hydrogen) atoms. The summed E-state index contributed by atoms with van der Waals surface area (Å²) in [5.41, 5.74) is 4.84. The topological polar surface area (TPSA) is 102 Å². The molecular formula is C26H26N6O2. The van der Waals surface area contributed by atoms with Gasteiger partial charge in [0, 0.05) is 11.1 Å². The Morgan fingerprint density at radius 1 is 0.824 bits per heavy atom. The van der Waals surface area contributed by atoms with Gasteiger partial charge >= 0.3 is 0 Å². The van der Waals surface area contributed by atoms with E-state index in [1.54, 1.807) is 42.5 Å². The third kappa shape index (κ3) is 5.01. The van der Waals surface area contributed by atoms with Gasteiger partial charge in [0.1, 0.15) is 6.33 Å². The smallest absolute Gasteiger partial charge is 0.255 e. The number of benzene rings is 3. The molecule has 0 aliphatic carbocycles. The quantitative estimate of drug-likeness (QED) is 0.452. The molecule has 0 saturated carbocycles. The molecule has 0 unspecified atom stereocenters. The molecule has 0 bridgehead atoms. The van der Waals surface area contributed by atoms with Crippen LogP contribution in [0, 0.1) is 6.92 Å². The summed E-state index contributed by atoms with van der Waals surface area (Å²) < 4.78 is 1.54. The van der Waals surface area contributed by atoms with E-state index in [2.05, 4.69) is 46.9 Å². The lowest BCUT2D eigenvalue weighted by molar-refractivity contribution is 0.101. The minimum Gasteiger partial charge on any atom is -0.320 e. The van der Waals surface area contributed by atoms with Gasteiger partial charge in [0.2, 0.25) is 0 Å². The van der Waals surface area contributed by atoms with Crippen molar-refractivity contribution in [3.8, 4) is 5.69 Å². The zero-order valence-electron chi connectivity index (χ0n) is 19.5. The Labute approximate surface area is 198 Å². The first-order chi connectivity index (χ1) is 16.2. The summed E-state index contributed by atoms with van der Waals surface area (Å²) in [4.78, 5) is 25.8. The number of carbonyl (C=O) groups excluding carboxylic acids is 2. The van der Waals surface area contributed by atoms with Crippen molar-refractivity contribution in [1.82, 2.24) is 20.2 Å². The average molecular weight is 455 g/mol. The van der Waals surface area contributed by atoms with Gasteiger partial charge in [-0.15, -0.1) is 5.10 Å². The summed E-state index contributed by atoms with van der Waals surface area (Å²) in [7, 11) is 0. The predicted molar refractivity (Wildman–Crippen MR) is 131 cm³/mol. The van der Waals surface area contributed by atoms with Crippen molar-refractivity contribution in [2.24, 2.45) is 0 Å². The number of hydrogen-bond donors (Lipinski definition) is 2. The summed E-state index contributed by atoms with van der Waals surface area (Å²) in [5.74, 6) is -0.536. The second kappa shape index (κ2) is 9.27. The van der Waals surface area contributed by atoms with Gasteiger partial charge in [0.15, 0.2) is 0 Å². The van der Waals surface area contributed by atoms with E-state index >= 15 is 0 Å². The lowest BCUT2D eigenvalue weighted by Crippen LogP contribution is -2.17. The minimum absolute atomic E-state index is 0.00854. The number of nitrogens with zero attached hydrogens (tertiary/aromatic N) is 4. The summed E-state index contributed by atoms with van der Waals surface area (Å²) in [6, 6.07) is 19.9. The molecule has 0 aliphatic rings. The number of aromatic nitrogens is 4. The van der Waals surface area contributed by atoms with E-state index in [9.17, 15) is 9.59 Å². The first-order valence-electron chi connectivity index (χ1n) is 10.9. The molecule has 0 fully saturated rings. The van der Waals surface area contributed by atoms with Gasteiger partial charge in [-0.2, -0.15) is 0 Å². The van der Waals surface area contributed by atoms with E-state index in [1.807, 2.05) is 31.2 Å². The molecule has 0 spiro atoms. The Balaban J connectivity index is 1.50. The van der Waals surface area contributed by atoms with Crippen LogP contribution < -0.4 is 10.6 Å². The normalized spacial score (nSPS) is 11.2. The van der Waals surface area contributed by atoms with Crippen LogP contribution in [0.25, 0.3) is 5.69 Å². The van der Waals surface area contributed by atoms with Crippen molar-refractivity contribution in [1.29, 1.82) is 0 Å². The summed E-state index contributed by atoms with van der Waals surface area (Å²) >= 11 is 0. The highest BCUT2D eigenvalue weighted by Gasteiger charge is 2.16. The summed E-state index contributed by atoms with van der Waals surface area (Å²) in [5, 5.41) is 17.0. The molecule has 0 atom stereocenters. The fraction of sp³-hybridized carbons (Fsp3) is 0.192. The molecule has 4 aromatic rings. The lowest BCUT2D eigenvalue weighted by Gasteiger charge is -2.19. The van der Waals surface area contributed by atoms with Crippen LogP contribution in [-0.2, 0) is 5.41 Å². The van der Waals surface area contributed by atoms with Crippen LogP contribution in [0.1, 0.15) is 52.6 Å². The maximum absolute atomic E-state index is 12.9. The van der Waals surface area contributed by atoms with Crippen LogP contribution in [0.3, 0.4) is 0 Å². The molecular weight excluding hydrogens is 428 g/mol. The number of rotatable bonds is 5.